The molecule has 1 saturated carbocycles. The van der Waals surface area contributed by atoms with Crippen molar-refractivity contribution in [1.29, 1.82) is 0 Å². The molecule has 16 heavy (non-hydrogen) atoms. The van der Waals surface area contributed by atoms with Crippen molar-refractivity contribution in [2.45, 2.75) is 57.6 Å². The Morgan fingerprint density at radius 3 is 2.56 bits per heavy atom. The topological polar surface area (TPSA) is 30.5 Å². The van der Waals surface area contributed by atoms with Crippen molar-refractivity contribution in [2.75, 3.05) is 19.9 Å². The molecule has 94 valence electrons. The van der Waals surface area contributed by atoms with Gasteiger partial charge in [0, 0.05) is 12.6 Å². The first-order valence-corrected chi connectivity index (χ1v) is 6.81. The average Bonchev–Trinajstić information content (AvgIpc) is 2.38. The normalized spacial score (nSPS) is 36.2. The molecule has 0 aromatic carbocycles. The van der Waals surface area contributed by atoms with Gasteiger partial charge in [0.1, 0.15) is 6.79 Å². The van der Waals surface area contributed by atoms with E-state index in [-0.39, 0.29) is 0 Å². The second-order valence-corrected chi connectivity index (χ2v) is 5.14. The molecule has 0 bridgehead atoms. The van der Waals surface area contributed by atoms with Crippen LogP contribution in [0.4, 0.5) is 0 Å². The maximum absolute atomic E-state index is 5.53. The third-order valence-electron chi connectivity index (χ3n) is 4.03. The molecular weight excluding hydrogens is 202 g/mol. The second kappa shape index (κ2) is 6.58. The highest BCUT2D eigenvalue weighted by atomic mass is 16.7. The van der Waals surface area contributed by atoms with E-state index in [1.54, 1.807) is 0 Å². The van der Waals surface area contributed by atoms with Crippen LogP contribution in [0.5, 0.6) is 0 Å². The minimum atomic E-state index is 0.373. The first kappa shape index (κ1) is 12.3. The zero-order valence-electron chi connectivity index (χ0n) is 10.4. The molecule has 2 aliphatic rings. The van der Waals surface area contributed by atoms with Crippen LogP contribution in [0.1, 0.15) is 45.4 Å². The van der Waals surface area contributed by atoms with Crippen molar-refractivity contribution < 1.29 is 9.47 Å². The zero-order valence-corrected chi connectivity index (χ0v) is 10.4. The fourth-order valence-corrected chi connectivity index (χ4v) is 2.74. The highest BCUT2D eigenvalue weighted by molar-refractivity contribution is 4.78. The molecule has 2 rings (SSSR count). The lowest BCUT2D eigenvalue weighted by molar-refractivity contribution is -0.137. The molecule has 0 aromatic heterocycles. The molecule has 1 atom stereocenters. The Kier molecular flexibility index (Phi) is 5.07. The molecule has 3 nitrogen and oxygen atoms in total. The molecule has 1 N–H and O–H groups in total. The fourth-order valence-electron chi connectivity index (χ4n) is 2.74. The Bertz CT molecular complexity index is 184. The summed E-state index contributed by atoms with van der Waals surface area (Å²) in [6, 6.07) is 0.731. The van der Waals surface area contributed by atoms with Crippen LogP contribution >= 0.6 is 0 Å². The van der Waals surface area contributed by atoms with Crippen LogP contribution in [-0.4, -0.2) is 32.1 Å². The van der Waals surface area contributed by atoms with Gasteiger partial charge in [0.15, 0.2) is 0 Å². The van der Waals surface area contributed by atoms with Crippen molar-refractivity contribution in [3.63, 3.8) is 0 Å². The second-order valence-electron chi connectivity index (χ2n) is 5.14. The first-order valence-electron chi connectivity index (χ1n) is 6.81. The summed E-state index contributed by atoms with van der Waals surface area (Å²) in [5.41, 5.74) is 0. The molecule has 1 heterocycles. The standard InChI is InChI=1S/C13H25NO2/c1-2-11-3-5-12(6-4-11)14-9-13-7-8-15-10-16-13/h11-14H,2-10H2,1H3. The van der Waals surface area contributed by atoms with Gasteiger partial charge in [0.2, 0.25) is 0 Å². The Balaban J connectivity index is 1.59. The van der Waals surface area contributed by atoms with Gasteiger partial charge >= 0.3 is 0 Å². The van der Waals surface area contributed by atoms with Crippen LogP contribution in [0.3, 0.4) is 0 Å². The summed E-state index contributed by atoms with van der Waals surface area (Å²) in [6.07, 6.45) is 8.28. The molecule has 1 saturated heterocycles. The van der Waals surface area contributed by atoms with Crippen LogP contribution in [-0.2, 0) is 9.47 Å². The molecule has 0 spiro atoms. The Morgan fingerprint density at radius 2 is 1.94 bits per heavy atom. The maximum Gasteiger partial charge on any atom is 0.147 e. The predicted octanol–water partition coefficient (Wildman–Crippen LogP) is 2.31. The third kappa shape index (κ3) is 3.72. The van der Waals surface area contributed by atoms with E-state index in [1.165, 1.54) is 32.1 Å². The molecule has 3 heteroatoms. The van der Waals surface area contributed by atoms with Crippen molar-refractivity contribution in [2.24, 2.45) is 5.92 Å². The van der Waals surface area contributed by atoms with E-state index >= 15 is 0 Å². The van der Waals surface area contributed by atoms with Gasteiger partial charge in [-0.25, -0.2) is 0 Å². The van der Waals surface area contributed by atoms with Gasteiger partial charge in [0.05, 0.1) is 12.7 Å². The number of ether oxygens (including phenoxy) is 2. The largest absolute Gasteiger partial charge is 0.355 e. The minimum Gasteiger partial charge on any atom is -0.355 e. The van der Waals surface area contributed by atoms with Gasteiger partial charge < -0.3 is 14.8 Å². The van der Waals surface area contributed by atoms with E-state index in [0.717, 1.165) is 31.5 Å². The van der Waals surface area contributed by atoms with Crippen LogP contribution in [0.2, 0.25) is 0 Å². The summed E-state index contributed by atoms with van der Waals surface area (Å²) in [7, 11) is 0. The summed E-state index contributed by atoms with van der Waals surface area (Å²) >= 11 is 0. The fraction of sp³-hybridized carbons (Fsp3) is 1.00. The highest BCUT2D eigenvalue weighted by Crippen LogP contribution is 2.26. The monoisotopic (exact) mass is 227 g/mol. The lowest BCUT2D eigenvalue weighted by atomic mass is 9.84. The van der Waals surface area contributed by atoms with Gasteiger partial charge in [0.25, 0.3) is 0 Å². The number of nitrogens with one attached hydrogen (secondary N) is 1. The van der Waals surface area contributed by atoms with Crippen molar-refractivity contribution in [3.8, 4) is 0 Å². The molecule has 0 radical (unpaired) electrons. The highest BCUT2D eigenvalue weighted by Gasteiger charge is 2.21. The van der Waals surface area contributed by atoms with Crippen LogP contribution in [0.25, 0.3) is 0 Å². The summed E-state index contributed by atoms with van der Waals surface area (Å²) in [6.45, 7) is 4.66. The van der Waals surface area contributed by atoms with E-state index in [4.69, 9.17) is 9.47 Å². The molecular formula is C13H25NO2. The van der Waals surface area contributed by atoms with E-state index in [9.17, 15) is 0 Å². The zero-order chi connectivity index (χ0) is 11.2. The SMILES string of the molecule is CCC1CCC(NCC2CCOCO2)CC1. The molecule has 0 amide bonds. The van der Waals surface area contributed by atoms with Crippen LogP contribution < -0.4 is 5.32 Å². The number of hydrogen-bond donors (Lipinski definition) is 1. The van der Waals surface area contributed by atoms with Gasteiger partial charge in [-0.15, -0.1) is 0 Å². The van der Waals surface area contributed by atoms with Crippen LogP contribution in [0, 0.1) is 5.92 Å². The summed E-state index contributed by atoms with van der Waals surface area (Å²) in [5.74, 6) is 0.984. The number of rotatable bonds is 4. The minimum absolute atomic E-state index is 0.373. The summed E-state index contributed by atoms with van der Waals surface area (Å²) in [4.78, 5) is 0. The van der Waals surface area contributed by atoms with E-state index < -0.39 is 0 Å². The Labute approximate surface area is 98.9 Å². The molecule has 2 fully saturated rings. The van der Waals surface area contributed by atoms with Crippen molar-refractivity contribution in [3.05, 3.63) is 0 Å². The molecule has 1 aliphatic heterocycles. The average molecular weight is 227 g/mol. The van der Waals surface area contributed by atoms with Gasteiger partial charge in [-0.1, -0.05) is 13.3 Å². The summed E-state index contributed by atoms with van der Waals surface area (Å²) in [5, 5.41) is 3.66. The number of hydrogen-bond acceptors (Lipinski definition) is 3. The van der Waals surface area contributed by atoms with E-state index in [2.05, 4.69) is 12.2 Å². The summed E-state index contributed by atoms with van der Waals surface area (Å²) < 4.78 is 10.7. The molecule has 0 aromatic rings. The van der Waals surface area contributed by atoms with Crippen LogP contribution in [0.15, 0.2) is 0 Å². The lowest BCUT2D eigenvalue weighted by Crippen LogP contribution is -2.40. The van der Waals surface area contributed by atoms with Gasteiger partial charge in [-0.3, -0.25) is 0 Å². The molecule has 1 aliphatic carbocycles. The first-order chi connectivity index (χ1) is 7.88. The maximum atomic E-state index is 5.53. The van der Waals surface area contributed by atoms with Crippen molar-refractivity contribution in [1.82, 2.24) is 5.32 Å². The van der Waals surface area contributed by atoms with Crippen molar-refractivity contribution >= 4 is 0 Å². The van der Waals surface area contributed by atoms with E-state index in [0.29, 0.717) is 12.9 Å². The van der Waals surface area contributed by atoms with Gasteiger partial charge in [-0.05, 0) is 38.0 Å². The Morgan fingerprint density at radius 1 is 1.12 bits per heavy atom. The van der Waals surface area contributed by atoms with Gasteiger partial charge in [-0.2, -0.15) is 0 Å². The van der Waals surface area contributed by atoms with E-state index in [1.807, 2.05) is 0 Å². The lowest BCUT2D eigenvalue weighted by Gasteiger charge is -2.30. The third-order valence-corrected chi connectivity index (χ3v) is 4.03. The quantitative estimate of drug-likeness (QED) is 0.799. The smallest absolute Gasteiger partial charge is 0.147 e. The predicted molar refractivity (Wildman–Crippen MR) is 64.3 cm³/mol. The molecule has 1 unspecified atom stereocenters. The Hall–Kier alpha value is -0.120.